The number of hydrogen-bond donors (Lipinski definition) is 4. The van der Waals surface area contributed by atoms with Gasteiger partial charge in [0.1, 0.15) is 21.9 Å². The van der Waals surface area contributed by atoms with Gasteiger partial charge in [-0.3, -0.25) is 4.79 Å². The van der Waals surface area contributed by atoms with Crippen molar-refractivity contribution in [3.63, 3.8) is 0 Å². The van der Waals surface area contributed by atoms with Crippen LogP contribution in [-0.4, -0.2) is 49.3 Å². The number of anilines is 2. The first-order chi connectivity index (χ1) is 13.8. The number of phenolic OH excluding ortho intramolecular Hbond substituents is 1. The Morgan fingerprint density at radius 3 is 2.76 bits per heavy atom. The molecule has 0 saturated carbocycles. The fraction of sp³-hybridized carbons (Fsp3) is 0.278. The number of esters is 1. The van der Waals surface area contributed by atoms with Crippen LogP contribution in [0.2, 0.25) is 0 Å². The number of nitrogens with two attached hydrogens (primary N) is 1. The highest BCUT2D eigenvalue weighted by atomic mass is 32.2. The van der Waals surface area contributed by atoms with Crippen LogP contribution in [0.1, 0.15) is 24.2 Å². The molecule has 1 atom stereocenters. The molecule has 0 aliphatic heterocycles. The largest absolute Gasteiger partial charge is 0.507 e. The van der Waals surface area contributed by atoms with E-state index in [4.69, 9.17) is 5.73 Å². The molecule has 3 rings (SSSR count). The van der Waals surface area contributed by atoms with Crippen molar-refractivity contribution in [3.05, 3.63) is 30.1 Å². The van der Waals surface area contributed by atoms with Crippen LogP contribution < -0.4 is 11.1 Å². The van der Waals surface area contributed by atoms with E-state index in [0.29, 0.717) is 21.9 Å². The number of hydrogen-bond acceptors (Lipinski definition) is 9. The lowest BCUT2D eigenvalue weighted by molar-refractivity contribution is -0.116. The van der Waals surface area contributed by atoms with Gasteiger partial charge < -0.3 is 25.9 Å². The van der Waals surface area contributed by atoms with E-state index in [9.17, 15) is 14.7 Å². The highest BCUT2D eigenvalue weighted by Crippen LogP contribution is 2.32. The Hall–Kier alpha value is -3.34. The second kappa shape index (κ2) is 8.35. The zero-order valence-electron chi connectivity index (χ0n) is 16.0. The smallest absolute Gasteiger partial charge is 0.341 e. The molecule has 0 unspecified atom stereocenters. The number of aromatic hydroxyl groups is 1. The summed E-state index contributed by atoms with van der Waals surface area (Å²) in [6.45, 7) is 3.81. The molecule has 2 heterocycles. The third-order valence-electron chi connectivity index (χ3n) is 4.04. The average Bonchev–Trinajstić information content (AvgIpc) is 3.14. The topological polar surface area (TPSA) is 156 Å². The lowest BCUT2D eigenvalue weighted by atomic mass is 10.1. The fourth-order valence-electron chi connectivity index (χ4n) is 2.62. The van der Waals surface area contributed by atoms with E-state index in [2.05, 4.69) is 30.0 Å². The number of aromatic nitrogens is 4. The monoisotopic (exact) mass is 416 g/mol. The van der Waals surface area contributed by atoms with Crippen molar-refractivity contribution in [1.29, 1.82) is 0 Å². The maximum atomic E-state index is 12.9. The number of thioether (sulfide) groups is 1. The van der Waals surface area contributed by atoms with Gasteiger partial charge in [-0.2, -0.15) is 4.98 Å². The Kier molecular flexibility index (Phi) is 5.87. The van der Waals surface area contributed by atoms with E-state index < -0.39 is 11.2 Å². The van der Waals surface area contributed by atoms with Crippen LogP contribution in [0.5, 0.6) is 5.75 Å². The maximum absolute atomic E-state index is 12.9. The van der Waals surface area contributed by atoms with Crippen molar-refractivity contribution >= 4 is 46.4 Å². The summed E-state index contributed by atoms with van der Waals surface area (Å²) in [6.07, 6.45) is 1.48. The number of methoxy groups -OCH3 is 1. The Morgan fingerprint density at radius 1 is 1.31 bits per heavy atom. The Bertz CT molecular complexity index is 1070. The molecule has 1 amide bonds. The Morgan fingerprint density at radius 2 is 2.07 bits per heavy atom. The Labute approximate surface area is 170 Å². The first-order valence-corrected chi connectivity index (χ1v) is 9.53. The fourth-order valence-corrected chi connectivity index (χ4v) is 3.71. The predicted octanol–water partition coefficient (Wildman–Crippen LogP) is 2.18. The van der Waals surface area contributed by atoms with Crippen molar-refractivity contribution < 1.29 is 19.4 Å². The van der Waals surface area contributed by atoms with Crippen LogP contribution in [0.4, 0.5) is 11.6 Å². The molecule has 29 heavy (non-hydrogen) atoms. The molecule has 2 aromatic heterocycles. The van der Waals surface area contributed by atoms with E-state index in [0.717, 1.165) is 0 Å². The van der Waals surface area contributed by atoms with Gasteiger partial charge in [0.2, 0.25) is 11.9 Å². The molecule has 1 aromatic carbocycles. The second-order valence-electron chi connectivity index (χ2n) is 6.48. The summed E-state index contributed by atoms with van der Waals surface area (Å²) in [5, 5.41) is 12.6. The van der Waals surface area contributed by atoms with E-state index in [1.807, 2.05) is 13.8 Å². The van der Waals surface area contributed by atoms with Crippen molar-refractivity contribution in [1.82, 2.24) is 19.9 Å². The van der Waals surface area contributed by atoms with Gasteiger partial charge in [0, 0.05) is 5.69 Å². The lowest BCUT2D eigenvalue weighted by Gasteiger charge is -2.20. The van der Waals surface area contributed by atoms with Gasteiger partial charge in [-0.1, -0.05) is 25.6 Å². The molecule has 5 N–H and O–H groups in total. The number of carbonyl (C=O) groups is 2. The van der Waals surface area contributed by atoms with Crippen LogP contribution in [0.3, 0.4) is 0 Å². The first-order valence-electron chi connectivity index (χ1n) is 8.65. The summed E-state index contributed by atoms with van der Waals surface area (Å²) in [5.41, 5.74) is 7.08. The lowest BCUT2D eigenvalue weighted by Crippen LogP contribution is -2.29. The van der Waals surface area contributed by atoms with Crippen molar-refractivity contribution in [2.75, 3.05) is 18.2 Å². The van der Waals surface area contributed by atoms with Crippen LogP contribution in [0.25, 0.3) is 11.2 Å². The quantitative estimate of drug-likeness (QED) is 0.205. The molecular formula is C18H20N6O4S. The van der Waals surface area contributed by atoms with Gasteiger partial charge in [0.05, 0.1) is 18.7 Å². The molecule has 11 heteroatoms. The molecule has 3 aromatic rings. The summed E-state index contributed by atoms with van der Waals surface area (Å²) in [4.78, 5) is 40.0. The molecule has 0 saturated heterocycles. The minimum absolute atomic E-state index is 0.0400. The number of nitrogen functional groups attached to an aromatic ring is 1. The van der Waals surface area contributed by atoms with Crippen molar-refractivity contribution in [2.45, 2.75) is 24.1 Å². The van der Waals surface area contributed by atoms with Gasteiger partial charge in [0.15, 0.2) is 5.65 Å². The average molecular weight is 416 g/mol. The summed E-state index contributed by atoms with van der Waals surface area (Å²) in [7, 11) is 1.21. The highest BCUT2D eigenvalue weighted by molar-refractivity contribution is 8.00. The first kappa shape index (κ1) is 20.4. The highest BCUT2D eigenvalue weighted by Gasteiger charge is 2.26. The number of imidazole rings is 1. The Balaban J connectivity index is 1.85. The minimum atomic E-state index is -0.702. The van der Waals surface area contributed by atoms with Crippen molar-refractivity contribution in [2.24, 2.45) is 5.92 Å². The summed E-state index contributed by atoms with van der Waals surface area (Å²) in [6, 6.07) is 4.17. The summed E-state index contributed by atoms with van der Waals surface area (Å²) in [5.74, 6) is -1.21. The van der Waals surface area contributed by atoms with E-state index in [1.165, 1.54) is 43.4 Å². The second-order valence-corrected chi connectivity index (χ2v) is 7.61. The van der Waals surface area contributed by atoms with Gasteiger partial charge >= 0.3 is 5.97 Å². The SMILES string of the molecule is COC(=O)c1cc(NC(=O)[C@@H](Sc2nc(N)nc3nc[nH]c23)C(C)C)ccc1O. The number of phenols is 1. The van der Waals surface area contributed by atoms with Gasteiger partial charge in [-0.05, 0) is 24.1 Å². The van der Waals surface area contributed by atoms with Crippen LogP contribution in [-0.2, 0) is 9.53 Å². The number of nitrogens with one attached hydrogen (secondary N) is 2. The standard InChI is InChI=1S/C18H20N6O4S/c1-8(2)13(29-16-12-14(21-7-20-12)23-18(19)24-16)15(26)22-9-4-5-11(25)10(6-9)17(27)28-3/h4-8,13,25H,1-3H3,(H,22,26)(H3,19,20,21,23,24)/t13-/m0/s1. The number of ether oxygens (including phenoxy) is 1. The van der Waals surface area contributed by atoms with Crippen LogP contribution in [0, 0.1) is 5.92 Å². The molecule has 0 fully saturated rings. The molecule has 0 bridgehead atoms. The molecule has 0 aliphatic rings. The predicted molar refractivity (Wildman–Crippen MR) is 109 cm³/mol. The molecule has 0 radical (unpaired) electrons. The van der Waals surface area contributed by atoms with E-state index in [1.54, 1.807) is 0 Å². The number of nitrogens with zero attached hydrogens (tertiary/aromatic N) is 3. The minimum Gasteiger partial charge on any atom is -0.507 e. The zero-order chi connectivity index (χ0) is 21.1. The number of rotatable bonds is 6. The van der Waals surface area contributed by atoms with Gasteiger partial charge in [-0.15, -0.1) is 0 Å². The van der Waals surface area contributed by atoms with Crippen LogP contribution in [0.15, 0.2) is 29.6 Å². The van der Waals surface area contributed by atoms with E-state index >= 15 is 0 Å². The summed E-state index contributed by atoms with van der Waals surface area (Å²) < 4.78 is 4.64. The van der Waals surface area contributed by atoms with Gasteiger partial charge in [0.25, 0.3) is 0 Å². The number of carbonyl (C=O) groups excluding carboxylic acids is 2. The summed E-state index contributed by atoms with van der Waals surface area (Å²) >= 11 is 1.24. The van der Waals surface area contributed by atoms with E-state index in [-0.39, 0.29) is 29.1 Å². The normalized spacial score (nSPS) is 12.1. The molecular weight excluding hydrogens is 396 g/mol. The number of benzene rings is 1. The van der Waals surface area contributed by atoms with Crippen LogP contribution >= 0.6 is 11.8 Å². The van der Waals surface area contributed by atoms with Crippen molar-refractivity contribution in [3.8, 4) is 5.75 Å². The molecule has 10 nitrogen and oxygen atoms in total. The maximum Gasteiger partial charge on any atom is 0.341 e. The number of H-pyrrole nitrogens is 1. The number of aromatic amines is 1. The third kappa shape index (κ3) is 4.40. The zero-order valence-corrected chi connectivity index (χ0v) is 16.8. The number of amides is 1. The van der Waals surface area contributed by atoms with Gasteiger partial charge in [-0.25, -0.2) is 14.8 Å². The third-order valence-corrected chi connectivity index (χ3v) is 5.57. The molecule has 0 aliphatic carbocycles. The number of fused-ring (bicyclic) bond motifs is 1. The molecule has 152 valence electrons. The molecule has 0 spiro atoms.